The highest BCUT2D eigenvalue weighted by Gasteiger charge is 2.27. The number of hydrogen-bond donors (Lipinski definition) is 0. The van der Waals surface area contributed by atoms with Crippen molar-refractivity contribution in [1.82, 2.24) is 0 Å². The summed E-state index contributed by atoms with van der Waals surface area (Å²) in [6.45, 7) is 6.67. The molecule has 5 heteroatoms. The van der Waals surface area contributed by atoms with E-state index in [-0.39, 0.29) is 17.9 Å². The number of benzene rings is 2. The van der Waals surface area contributed by atoms with Gasteiger partial charge in [-0.15, -0.1) is 0 Å². The van der Waals surface area contributed by atoms with Gasteiger partial charge in [0.05, 0.1) is 19.5 Å². The Kier molecular flexibility index (Phi) is 5.32. The number of fused-ring (bicyclic) bond motifs is 1. The molecule has 0 fully saturated rings. The lowest BCUT2D eigenvalue weighted by molar-refractivity contribution is 0.0956. The van der Waals surface area contributed by atoms with Gasteiger partial charge in [-0.05, 0) is 28.3 Å². The molecule has 23 heavy (non-hydrogen) atoms. The third-order valence-electron chi connectivity index (χ3n) is 3.88. The molecule has 0 saturated carbocycles. The molecule has 0 aliphatic carbocycles. The monoisotopic (exact) mass is 336 g/mol. The number of ether oxygens (including phenoxy) is 1. The van der Waals surface area contributed by atoms with Crippen LogP contribution in [0.4, 0.5) is 0 Å². The molecular weight excluding hydrogens is 312 g/mol. The van der Waals surface area contributed by atoms with E-state index in [9.17, 15) is 8.42 Å². The summed E-state index contributed by atoms with van der Waals surface area (Å²) >= 11 is 0. The van der Waals surface area contributed by atoms with Gasteiger partial charge in [0, 0.05) is 5.92 Å². The summed E-state index contributed by atoms with van der Waals surface area (Å²) in [5, 5.41) is 2.28. The van der Waals surface area contributed by atoms with Gasteiger partial charge in [0.1, 0.15) is 5.75 Å². The molecule has 0 heterocycles. The molecule has 126 valence electrons. The van der Waals surface area contributed by atoms with E-state index in [1.54, 1.807) is 0 Å². The second-order valence-electron chi connectivity index (χ2n) is 6.87. The van der Waals surface area contributed by atoms with E-state index in [0.29, 0.717) is 6.61 Å². The van der Waals surface area contributed by atoms with E-state index >= 15 is 0 Å². The second kappa shape index (κ2) is 6.89. The predicted octanol–water partition coefficient (Wildman–Crippen LogP) is 3.86. The van der Waals surface area contributed by atoms with E-state index in [2.05, 4.69) is 6.07 Å². The van der Waals surface area contributed by atoms with Crippen LogP contribution in [0, 0.1) is 11.3 Å². The predicted molar refractivity (Wildman–Crippen MR) is 93.2 cm³/mol. The van der Waals surface area contributed by atoms with Crippen LogP contribution in [0.3, 0.4) is 0 Å². The molecule has 2 aromatic carbocycles. The average molecular weight is 336 g/mol. The minimum Gasteiger partial charge on any atom is -0.493 e. The van der Waals surface area contributed by atoms with Crippen molar-refractivity contribution in [3.63, 3.8) is 0 Å². The first-order chi connectivity index (χ1) is 10.6. The lowest BCUT2D eigenvalue weighted by Crippen LogP contribution is -2.31. The number of rotatable bonds is 6. The van der Waals surface area contributed by atoms with Crippen LogP contribution in [0.15, 0.2) is 42.5 Å². The molecule has 2 rings (SSSR count). The lowest BCUT2D eigenvalue weighted by atomic mass is 9.82. The van der Waals surface area contributed by atoms with E-state index in [4.69, 9.17) is 8.92 Å². The fourth-order valence-corrected chi connectivity index (χ4v) is 2.62. The zero-order valence-corrected chi connectivity index (χ0v) is 14.9. The maximum atomic E-state index is 11.2. The minimum atomic E-state index is -3.45. The van der Waals surface area contributed by atoms with Crippen molar-refractivity contribution < 1.29 is 17.3 Å². The van der Waals surface area contributed by atoms with Crippen LogP contribution in [0.5, 0.6) is 5.75 Å². The maximum Gasteiger partial charge on any atom is 0.264 e. The molecule has 0 saturated heterocycles. The van der Waals surface area contributed by atoms with E-state index in [1.807, 2.05) is 57.2 Å². The minimum absolute atomic E-state index is 0.0382. The number of hydrogen-bond acceptors (Lipinski definition) is 4. The lowest BCUT2D eigenvalue weighted by Gasteiger charge is -2.30. The molecule has 2 aromatic rings. The zero-order valence-electron chi connectivity index (χ0n) is 14.1. The molecule has 4 nitrogen and oxygen atoms in total. The first-order valence-corrected chi connectivity index (χ1v) is 9.43. The van der Waals surface area contributed by atoms with Gasteiger partial charge in [-0.3, -0.25) is 4.18 Å². The van der Waals surface area contributed by atoms with Crippen molar-refractivity contribution in [3.8, 4) is 5.75 Å². The van der Waals surface area contributed by atoms with Crippen molar-refractivity contribution in [3.05, 3.63) is 42.5 Å². The fraction of sp³-hybridized carbons (Fsp3) is 0.444. The molecule has 0 aliphatic heterocycles. The standard InChI is InChI=1S/C18H24O4S/c1-18(2,3)16(13-22-23(4,19)20)12-21-17-10-9-14-7-5-6-8-15(14)11-17/h5-11,16H,12-13H2,1-4H3. The zero-order chi connectivity index (χ0) is 17.1. The Morgan fingerprint density at radius 3 is 2.26 bits per heavy atom. The van der Waals surface area contributed by atoms with Crippen LogP contribution in [0.25, 0.3) is 10.8 Å². The molecule has 0 N–H and O–H groups in total. The van der Waals surface area contributed by atoms with Gasteiger partial charge in [0.15, 0.2) is 0 Å². The Hall–Kier alpha value is -1.59. The molecule has 0 spiro atoms. The first kappa shape index (κ1) is 17.8. The SMILES string of the molecule is CC(C)(C)C(COc1ccc2ccccc2c1)COS(C)(=O)=O. The van der Waals surface area contributed by atoms with Crippen molar-refractivity contribution in [2.45, 2.75) is 20.8 Å². The van der Waals surface area contributed by atoms with Crippen LogP contribution in [-0.4, -0.2) is 27.9 Å². The third kappa shape index (κ3) is 5.52. The molecular formula is C18H24O4S. The summed E-state index contributed by atoms with van der Waals surface area (Å²) in [7, 11) is -3.45. The van der Waals surface area contributed by atoms with E-state index in [0.717, 1.165) is 22.8 Å². The Morgan fingerprint density at radius 1 is 1.00 bits per heavy atom. The van der Waals surface area contributed by atoms with Gasteiger partial charge in [-0.25, -0.2) is 0 Å². The Morgan fingerprint density at radius 2 is 1.65 bits per heavy atom. The summed E-state index contributed by atoms with van der Waals surface area (Å²) in [6, 6.07) is 14.0. The maximum absolute atomic E-state index is 11.2. The summed E-state index contributed by atoms with van der Waals surface area (Å²) < 4.78 is 33.3. The van der Waals surface area contributed by atoms with Crippen molar-refractivity contribution in [1.29, 1.82) is 0 Å². The molecule has 1 atom stereocenters. The molecule has 0 aromatic heterocycles. The van der Waals surface area contributed by atoms with Gasteiger partial charge < -0.3 is 4.74 Å². The third-order valence-corrected chi connectivity index (χ3v) is 4.44. The van der Waals surface area contributed by atoms with Crippen LogP contribution in [0.2, 0.25) is 0 Å². The Labute approximate surface area is 138 Å². The van der Waals surface area contributed by atoms with Crippen LogP contribution in [0.1, 0.15) is 20.8 Å². The molecule has 1 unspecified atom stereocenters. The van der Waals surface area contributed by atoms with E-state index < -0.39 is 10.1 Å². The topological polar surface area (TPSA) is 52.6 Å². The molecule has 0 bridgehead atoms. The van der Waals surface area contributed by atoms with Gasteiger partial charge >= 0.3 is 0 Å². The Balaban J connectivity index is 2.07. The molecule has 0 amide bonds. The largest absolute Gasteiger partial charge is 0.493 e. The van der Waals surface area contributed by atoms with Crippen molar-refractivity contribution >= 4 is 20.9 Å². The summed E-state index contributed by atoms with van der Waals surface area (Å²) in [5.74, 6) is 0.737. The summed E-state index contributed by atoms with van der Waals surface area (Å²) in [4.78, 5) is 0. The van der Waals surface area contributed by atoms with Crippen LogP contribution in [-0.2, 0) is 14.3 Å². The first-order valence-electron chi connectivity index (χ1n) is 7.61. The Bertz CT molecular complexity index is 760. The van der Waals surface area contributed by atoms with Gasteiger partial charge in [-0.2, -0.15) is 8.42 Å². The normalized spacial score (nSPS) is 13.9. The highest BCUT2D eigenvalue weighted by atomic mass is 32.2. The van der Waals surface area contributed by atoms with Gasteiger partial charge in [0.25, 0.3) is 10.1 Å². The highest BCUT2D eigenvalue weighted by Crippen LogP contribution is 2.28. The fourth-order valence-electron chi connectivity index (χ4n) is 2.21. The average Bonchev–Trinajstić information content (AvgIpc) is 2.44. The van der Waals surface area contributed by atoms with Gasteiger partial charge in [0.2, 0.25) is 0 Å². The summed E-state index contributed by atoms with van der Waals surface area (Å²) in [5.41, 5.74) is -0.123. The summed E-state index contributed by atoms with van der Waals surface area (Å²) in [6.07, 6.45) is 1.07. The molecule has 0 aliphatic rings. The van der Waals surface area contributed by atoms with Crippen molar-refractivity contribution in [2.24, 2.45) is 11.3 Å². The van der Waals surface area contributed by atoms with Crippen molar-refractivity contribution in [2.75, 3.05) is 19.5 Å². The smallest absolute Gasteiger partial charge is 0.264 e. The molecule has 0 radical (unpaired) electrons. The van der Waals surface area contributed by atoms with Crippen LogP contribution < -0.4 is 4.74 Å². The van der Waals surface area contributed by atoms with E-state index in [1.165, 1.54) is 0 Å². The van der Waals surface area contributed by atoms with Crippen LogP contribution >= 0.6 is 0 Å². The highest BCUT2D eigenvalue weighted by molar-refractivity contribution is 7.85. The quantitative estimate of drug-likeness (QED) is 0.752. The van der Waals surface area contributed by atoms with Gasteiger partial charge in [-0.1, -0.05) is 51.1 Å². The second-order valence-corrected chi connectivity index (χ2v) is 8.52.